The molecule has 1 aromatic rings. The first-order valence-corrected chi connectivity index (χ1v) is 5.03. The fraction of sp³-hybridized carbons (Fsp3) is 0.400. The zero-order valence-corrected chi connectivity index (χ0v) is 9.35. The zero-order chi connectivity index (χ0) is 10.4. The van der Waals surface area contributed by atoms with Gasteiger partial charge in [-0.1, -0.05) is 6.07 Å². The molecular formula is C10H15O3P. The molecule has 0 heterocycles. The van der Waals surface area contributed by atoms with Gasteiger partial charge in [0, 0.05) is 13.0 Å². The number of methoxy groups -OCH3 is 1. The van der Waals surface area contributed by atoms with Crippen LogP contribution in [0.2, 0.25) is 0 Å². The third-order valence-corrected chi connectivity index (χ3v) is 2.11. The molecule has 1 atom stereocenters. The Morgan fingerprint density at radius 3 is 2.79 bits per heavy atom. The summed E-state index contributed by atoms with van der Waals surface area (Å²) in [5.74, 6) is 1.43. The van der Waals surface area contributed by atoms with Crippen LogP contribution in [-0.2, 0) is 0 Å². The van der Waals surface area contributed by atoms with E-state index in [1.807, 2.05) is 18.2 Å². The molecule has 3 nitrogen and oxygen atoms in total. The summed E-state index contributed by atoms with van der Waals surface area (Å²) in [4.78, 5) is 0. The molecular weight excluding hydrogens is 199 g/mol. The number of rotatable bonds is 5. The van der Waals surface area contributed by atoms with Crippen LogP contribution in [0.5, 0.6) is 11.5 Å². The van der Waals surface area contributed by atoms with Crippen molar-refractivity contribution >= 4 is 14.5 Å². The van der Waals surface area contributed by atoms with E-state index < -0.39 is 0 Å². The average Bonchev–Trinajstić information content (AvgIpc) is 2.20. The van der Waals surface area contributed by atoms with Gasteiger partial charge in [-0.25, -0.2) is 0 Å². The lowest BCUT2D eigenvalue weighted by Crippen LogP contribution is -2.02. The van der Waals surface area contributed by atoms with Gasteiger partial charge in [-0.3, -0.25) is 0 Å². The fourth-order valence-corrected chi connectivity index (χ4v) is 1.30. The van der Waals surface area contributed by atoms with Crippen LogP contribution in [0.4, 0.5) is 0 Å². The lowest BCUT2D eigenvalue weighted by molar-refractivity contribution is 0.228. The topological polar surface area (TPSA) is 38.7 Å². The zero-order valence-electron chi connectivity index (χ0n) is 8.19. The monoisotopic (exact) mass is 214 g/mol. The molecule has 0 bridgehead atoms. The Kier molecular flexibility index (Phi) is 4.71. The molecule has 78 valence electrons. The third kappa shape index (κ3) is 3.17. The first kappa shape index (κ1) is 11.3. The summed E-state index contributed by atoms with van der Waals surface area (Å²) in [6, 6.07) is 5.68. The number of benzene rings is 1. The maximum atomic E-state index is 8.60. The van der Waals surface area contributed by atoms with Gasteiger partial charge in [0.2, 0.25) is 0 Å². The van der Waals surface area contributed by atoms with Crippen LogP contribution in [0, 0.1) is 0 Å². The maximum Gasteiger partial charge on any atom is 0.161 e. The highest BCUT2D eigenvalue weighted by molar-refractivity contribution is 7.27. The molecule has 1 N–H and O–H groups in total. The summed E-state index contributed by atoms with van der Waals surface area (Å²) in [7, 11) is 4.21. The minimum absolute atomic E-state index is 0.143. The van der Waals surface area contributed by atoms with Crippen molar-refractivity contribution in [3.8, 4) is 11.5 Å². The van der Waals surface area contributed by atoms with E-state index in [4.69, 9.17) is 14.6 Å². The highest BCUT2D eigenvalue weighted by atomic mass is 31.0. The van der Waals surface area contributed by atoms with Gasteiger partial charge in [0.15, 0.2) is 11.5 Å². The Bertz CT molecular complexity index is 289. The van der Waals surface area contributed by atoms with E-state index in [0.717, 1.165) is 11.1 Å². The Morgan fingerprint density at radius 1 is 1.36 bits per heavy atom. The summed E-state index contributed by atoms with van der Waals surface area (Å²) in [6.07, 6.45) is 0.631. The summed E-state index contributed by atoms with van der Waals surface area (Å²) in [5.41, 5.74) is 0. The van der Waals surface area contributed by atoms with Crippen LogP contribution in [-0.4, -0.2) is 25.4 Å². The molecule has 1 unspecified atom stereocenters. The number of hydrogen-bond donors (Lipinski definition) is 1. The van der Waals surface area contributed by atoms with Crippen molar-refractivity contribution < 1.29 is 14.6 Å². The van der Waals surface area contributed by atoms with E-state index in [-0.39, 0.29) is 6.61 Å². The van der Waals surface area contributed by atoms with Gasteiger partial charge in [-0.2, -0.15) is 0 Å². The van der Waals surface area contributed by atoms with E-state index in [2.05, 4.69) is 9.24 Å². The molecule has 4 heteroatoms. The second-order valence-electron chi connectivity index (χ2n) is 2.84. The standard InChI is InChI=1S/C10H15O3P/c1-12-10-7-8(14)3-4-9(10)13-6-2-5-11/h3-4,7,11H,2,5-6,14H2,1H3. The van der Waals surface area contributed by atoms with Crippen molar-refractivity contribution in [2.75, 3.05) is 20.3 Å². The van der Waals surface area contributed by atoms with Crippen LogP contribution in [0.15, 0.2) is 18.2 Å². The first-order valence-electron chi connectivity index (χ1n) is 4.45. The predicted octanol–water partition coefficient (Wildman–Crippen LogP) is 0.957. The number of hydrogen-bond acceptors (Lipinski definition) is 3. The molecule has 0 aliphatic rings. The van der Waals surface area contributed by atoms with Gasteiger partial charge in [0.1, 0.15) is 0 Å². The van der Waals surface area contributed by atoms with Crippen molar-refractivity contribution in [1.29, 1.82) is 0 Å². The van der Waals surface area contributed by atoms with Crippen molar-refractivity contribution in [2.24, 2.45) is 0 Å². The summed E-state index contributed by atoms with van der Waals surface area (Å²) < 4.78 is 10.6. The molecule has 0 spiro atoms. The van der Waals surface area contributed by atoms with Crippen LogP contribution in [0.3, 0.4) is 0 Å². The van der Waals surface area contributed by atoms with E-state index in [1.54, 1.807) is 7.11 Å². The van der Waals surface area contributed by atoms with E-state index >= 15 is 0 Å². The van der Waals surface area contributed by atoms with Gasteiger partial charge in [0.25, 0.3) is 0 Å². The second-order valence-corrected chi connectivity index (χ2v) is 3.50. The molecule has 0 aromatic heterocycles. The number of aliphatic hydroxyl groups excluding tert-OH is 1. The molecule has 0 aliphatic heterocycles. The minimum atomic E-state index is 0.143. The molecule has 0 saturated heterocycles. The second kappa shape index (κ2) is 5.84. The van der Waals surface area contributed by atoms with E-state index in [9.17, 15) is 0 Å². The molecule has 0 radical (unpaired) electrons. The molecule has 1 aromatic carbocycles. The van der Waals surface area contributed by atoms with Crippen LogP contribution >= 0.6 is 9.24 Å². The molecule has 0 aliphatic carbocycles. The third-order valence-electron chi connectivity index (χ3n) is 1.75. The summed E-state index contributed by atoms with van der Waals surface area (Å²) >= 11 is 0. The van der Waals surface area contributed by atoms with Crippen LogP contribution in [0.25, 0.3) is 0 Å². The largest absolute Gasteiger partial charge is 0.493 e. The van der Waals surface area contributed by atoms with Gasteiger partial charge in [-0.15, -0.1) is 9.24 Å². The van der Waals surface area contributed by atoms with Crippen molar-refractivity contribution in [2.45, 2.75) is 6.42 Å². The molecule has 14 heavy (non-hydrogen) atoms. The number of aliphatic hydroxyl groups is 1. The lowest BCUT2D eigenvalue weighted by atomic mass is 10.3. The number of ether oxygens (including phenoxy) is 2. The van der Waals surface area contributed by atoms with Crippen molar-refractivity contribution in [3.05, 3.63) is 18.2 Å². The van der Waals surface area contributed by atoms with Gasteiger partial charge >= 0.3 is 0 Å². The Morgan fingerprint density at radius 2 is 2.14 bits per heavy atom. The molecule has 0 amide bonds. The van der Waals surface area contributed by atoms with E-state index in [0.29, 0.717) is 18.8 Å². The highest BCUT2D eigenvalue weighted by Gasteiger charge is 2.03. The van der Waals surface area contributed by atoms with Gasteiger partial charge in [0.05, 0.1) is 13.7 Å². The van der Waals surface area contributed by atoms with Crippen LogP contribution in [0.1, 0.15) is 6.42 Å². The first-order chi connectivity index (χ1) is 6.77. The van der Waals surface area contributed by atoms with E-state index in [1.165, 1.54) is 0 Å². The summed E-state index contributed by atoms with van der Waals surface area (Å²) in [6.45, 7) is 0.646. The highest BCUT2D eigenvalue weighted by Crippen LogP contribution is 2.25. The molecule has 1 rings (SSSR count). The van der Waals surface area contributed by atoms with Gasteiger partial charge in [-0.05, 0) is 17.4 Å². The lowest BCUT2D eigenvalue weighted by Gasteiger charge is -2.10. The Hall–Kier alpha value is -0.790. The maximum absolute atomic E-state index is 8.60. The molecule has 0 saturated carbocycles. The predicted molar refractivity (Wildman–Crippen MR) is 59.5 cm³/mol. The smallest absolute Gasteiger partial charge is 0.161 e. The Balaban J connectivity index is 2.65. The van der Waals surface area contributed by atoms with Crippen LogP contribution < -0.4 is 14.8 Å². The molecule has 0 fully saturated rings. The van der Waals surface area contributed by atoms with Crippen molar-refractivity contribution in [3.63, 3.8) is 0 Å². The normalized spacial score (nSPS) is 9.93. The fourth-order valence-electron chi connectivity index (χ4n) is 1.05. The summed E-state index contributed by atoms with van der Waals surface area (Å²) in [5, 5.41) is 9.65. The minimum Gasteiger partial charge on any atom is -0.493 e. The quantitative estimate of drug-likeness (QED) is 0.586. The average molecular weight is 214 g/mol. The SMILES string of the molecule is COc1cc(P)ccc1OCCCO. The Labute approximate surface area is 86.2 Å². The van der Waals surface area contributed by atoms with Crippen molar-refractivity contribution in [1.82, 2.24) is 0 Å². The van der Waals surface area contributed by atoms with Gasteiger partial charge < -0.3 is 14.6 Å².